The van der Waals surface area contributed by atoms with Crippen molar-refractivity contribution < 1.29 is 48.6 Å². The summed E-state index contributed by atoms with van der Waals surface area (Å²) in [6.07, 6.45) is 0.686. The van der Waals surface area contributed by atoms with Gasteiger partial charge in [0.2, 0.25) is 17.7 Å². The first-order valence-electron chi connectivity index (χ1n) is 19.6. The molecule has 3 saturated heterocycles. The monoisotopic (exact) mass is 936 g/mol. The van der Waals surface area contributed by atoms with Crippen LogP contribution in [-0.2, 0) is 37.1 Å². The lowest BCUT2D eigenvalue weighted by Gasteiger charge is -2.35. The Kier molecular flexibility index (Phi) is 17.3. The van der Waals surface area contributed by atoms with E-state index in [0.29, 0.717) is 44.0 Å². The minimum Gasteiger partial charge on any atom is -0.480 e. The van der Waals surface area contributed by atoms with E-state index in [0.717, 1.165) is 15.0 Å². The fourth-order valence-electron chi connectivity index (χ4n) is 6.84. The molecule has 1 aromatic rings. The first-order chi connectivity index (χ1) is 30.0. The zero-order chi connectivity index (χ0) is 45.6. The highest BCUT2D eigenvalue weighted by molar-refractivity contribution is 7.80. The van der Waals surface area contributed by atoms with Crippen LogP contribution >= 0.6 is 36.7 Å². The van der Waals surface area contributed by atoms with Crippen molar-refractivity contribution in [1.29, 1.82) is 0 Å². The number of hydrazine groups is 3. The third kappa shape index (κ3) is 14.7. The molecule has 63 heavy (non-hydrogen) atoms. The summed E-state index contributed by atoms with van der Waals surface area (Å²) in [4.78, 5) is 107. The number of carboxylic acids is 2. The molecule has 4 aliphatic rings. The molecule has 26 nitrogen and oxygen atoms in total. The van der Waals surface area contributed by atoms with E-state index < -0.39 is 59.8 Å². The maximum atomic E-state index is 12.8. The zero-order valence-corrected chi connectivity index (χ0v) is 36.2. The number of carboxylic acid groups (broad SMARTS) is 2. The van der Waals surface area contributed by atoms with Crippen LogP contribution in [-0.4, -0.2) is 192 Å². The molecule has 9 amide bonds. The number of nitrogens with zero attached hydrogens (tertiary/aromatic N) is 7. The van der Waals surface area contributed by atoms with Gasteiger partial charge in [-0.15, -0.1) is 0 Å². The summed E-state index contributed by atoms with van der Waals surface area (Å²) in [6, 6.07) is 1.28. The molecule has 0 radical (unpaired) electrons. The number of aliphatic carboxylic acids is 2. The maximum Gasteiger partial charge on any atom is 0.343 e. The minimum atomic E-state index is -1.09. The van der Waals surface area contributed by atoms with Gasteiger partial charge in [-0.25, -0.2) is 29.4 Å². The van der Waals surface area contributed by atoms with Gasteiger partial charge in [-0.05, 0) is 74.6 Å². The number of urea groups is 3. The smallest absolute Gasteiger partial charge is 0.343 e. The lowest BCUT2D eigenvalue weighted by Crippen LogP contribution is -2.51. The van der Waals surface area contributed by atoms with E-state index in [1.165, 1.54) is 0 Å². The Hall–Kier alpha value is -6.14. The second kappa shape index (κ2) is 22.8. The van der Waals surface area contributed by atoms with Crippen LogP contribution in [0.25, 0.3) is 0 Å². The Morgan fingerprint density at radius 3 is 1.33 bits per heavy atom. The number of amides is 9. The largest absolute Gasteiger partial charge is 0.480 e. The summed E-state index contributed by atoms with van der Waals surface area (Å²) in [5.41, 5.74) is 9.00. The van der Waals surface area contributed by atoms with Crippen LogP contribution in [0, 0.1) is 0 Å². The number of imide groups is 3. The Bertz CT molecular complexity index is 1880. The number of carbonyl (C=O) groups is 8. The average Bonchev–Trinajstić information content (AvgIpc) is 3.83. The first-order valence-corrected chi connectivity index (χ1v) is 20.9. The molecule has 5 heterocycles. The minimum absolute atomic E-state index is 0.0203. The molecule has 2 bridgehead atoms. The molecule has 3 fully saturated rings. The average molecular weight is 937 g/mol. The second-order valence-electron chi connectivity index (χ2n) is 14.5. The van der Waals surface area contributed by atoms with Crippen LogP contribution in [0.2, 0.25) is 0 Å². The molecule has 0 aromatic carbocycles. The van der Waals surface area contributed by atoms with E-state index in [9.17, 15) is 48.6 Å². The van der Waals surface area contributed by atoms with Crippen LogP contribution in [0.4, 0.5) is 14.4 Å². The van der Waals surface area contributed by atoms with E-state index in [4.69, 9.17) is 41.6 Å². The molecule has 5 rings (SSSR count). The molecular weight excluding hydrogens is 889 g/mol. The quantitative estimate of drug-likeness (QED) is 0.0402. The molecule has 0 aliphatic carbocycles. The lowest BCUT2D eigenvalue weighted by molar-refractivity contribution is -0.144. The number of aromatic nitrogens is 1. The molecule has 4 aliphatic heterocycles. The van der Waals surface area contributed by atoms with Gasteiger partial charge in [0.1, 0.15) is 31.7 Å². The van der Waals surface area contributed by atoms with Crippen molar-refractivity contribution in [2.75, 3.05) is 72.0 Å². The number of pyridine rings is 1. The Balaban J connectivity index is 1.27. The van der Waals surface area contributed by atoms with Crippen molar-refractivity contribution in [2.24, 2.45) is 0 Å². The fraction of sp³-hybridized carbons (Fsp3) is 0.529. The fourth-order valence-corrected chi connectivity index (χ4v) is 7.48. The third-order valence-electron chi connectivity index (χ3n) is 9.89. The number of fused-ring (bicyclic) bond motifs is 2. The topological polar surface area (TPSA) is 318 Å². The van der Waals surface area contributed by atoms with Gasteiger partial charge in [0.15, 0.2) is 15.3 Å². The normalized spacial score (nSPS) is 18.6. The number of thiocarbonyl (C=S) groups is 3. The highest BCUT2D eigenvalue weighted by atomic mass is 32.1. The molecule has 1 aromatic heterocycles. The van der Waals surface area contributed by atoms with E-state index in [-0.39, 0.29) is 87.1 Å². The Labute approximate surface area is 376 Å². The van der Waals surface area contributed by atoms with Crippen molar-refractivity contribution in [2.45, 2.75) is 44.4 Å². The third-order valence-corrected chi connectivity index (χ3v) is 10.6. The first kappa shape index (κ1) is 47.9. The standard InChI is InChI=1S/C34H48N16O10S3/c51-24-17-48(32(58)39-24)42-29(61)35-7-2-10-45-11-13-46(22(27(54)55)5-8-36-30(62)43-49-18-25(52)40-33(49)59)15-20-3-1-4-21(38-20)16-47(14-12-45)23(28(56)57)6-9-37-31(63)44-50-19-26(53)41-34(50)60/h1,3-4,22-23H,2,5-19H2,(H,54,55)(H,56,57)(H2,35,42,61)(H2,36,43,62)(H2,37,44,63)(H,39,51,58)(H,40,52,59)(H,41,53,60). The summed E-state index contributed by atoms with van der Waals surface area (Å²) >= 11 is 15.8. The van der Waals surface area contributed by atoms with E-state index in [2.05, 4.69) is 53.1 Å². The van der Waals surface area contributed by atoms with E-state index in [1.807, 2.05) is 0 Å². The SMILES string of the molecule is O=C1CN(NC(=S)NCCCN2CCN(C(CCNC(=S)NN3CC(=O)NC3=O)C(=O)O)Cc3cccc(n3)CN(C(CCNC(=S)NN3CC(=O)NC3=O)C(=O)O)CC2)C(=O)N1. The number of hydrogen-bond donors (Lipinski definition) is 11. The van der Waals surface area contributed by atoms with E-state index >= 15 is 0 Å². The number of rotatable bonds is 17. The predicted molar refractivity (Wildman–Crippen MR) is 230 cm³/mol. The van der Waals surface area contributed by atoms with Gasteiger partial charge in [0.05, 0.1) is 11.4 Å². The van der Waals surface area contributed by atoms with Crippen molar-refractivity contribution in [3.8, 4) is 0 Å². The van der Waals surface area contributed by atoms with Crippen molar-refractivity contribution >= 4 is 99.7 Å². The van der Waals surface area contributed by atoms with Crippen LogP contribution < -0.4 is 48.2 Å². The van der Waals surface area contributed by atoms with Crippen LogP contribution in [0.15, 0.2) is 18.2 Å². The van der Waals surface area contributed by atoms with Gasteiger partial charge in [0.25, 0.3) is 0 Å². The molecule has 0 spiro atoms. The van der Waals surface area contributed by atoms with Crippen LogP contribution in [0.5, 0.6) is 0 Å². The van der Waals surface area contributed by atoms with Gasteiger partial charge in [-0.1, -0.05) is 6.07 Å². The van der Waals surface area contributed by atoms with Crippen molar-refractivity contribution in [1.82, 2.24) is 82.9 Å². The van der Waals surface area contributed by atoms with Crippen molar-refractivity contribution in [3.63, 3.8) is 0 Å². The zero-order valence-electron chi connectivity index (χ0n) is 33.7. The lowest BCUT2D eigenvalue weighted by atomic mass is 10.1. The molecule has 2 unspecified atom stereocenters. The molecule has 11 N–H and O–H groups in total. The van der Waals surface area contributed by atoms with Crippen molar-refractivity contribution in [3.05, 3.63) is 29.6 Å². The Morgan fingerprint density at radius 2 is 0.984 bits per heavy atom. The number of nitrogens with one attached hydrogen (secondary N) is 9. The summed E-state index contributed by atoms with van der Waals surface area (Å²) in [5.74, 6) is -3.66. The number of hydrogen-bond acceptors (Lipinski definition) is 15. The van der Waals surface area contributed by atoms with Gasteiger partial charge in [-0.2, -0.15) is 0 Å². The van der Waals surface area contributed by atoms with Gasteiger partial charge in [-0.3, -0.25) is 71.0 Å². The number of carbonyl (C=O) groups excluding carboxylic acids is 6. The van der Waals surface area contributed by atoms with Crippen LogP contribution in [0.3, 0.4) is 0 Å². The summed E-state index contributed by atoms with van der Waals surface area (Å²) in [6.45, 7) is 1.80. The highest BCUT2D eigenvalue weighted by Crippen LogP contribution is 2.16. The summed E-state index contributed by atoms with van der Waals surface area (Å²) in [7, 11) is 0. The molecule has 29 heteroatoms. The summed E-state index contributed by atoms with van der Waals surface area (Å²) < 4.78 is 0. The van der Waals surface area contributed by atoms with Gasteiger partial charge in [0, 0.05) is 58.9 Å². The highest BCUT2D eigenvalue weighted by Gasteiger charge is 2.32. The molecule has 0 saturated carbocycles. The van der Waals surface area contributed by atoms with Crippen LogP contribution in [0.1, 0.15) is 30.7 Å². The molecule has 342 valence electrons. The predicted octanol–water partition coefficient (Wildman–Crippen LogP) is -4.13. The van der Waals surface area contributed by atoms with Gasteiger partial charge >= 0.3 is 30.0 Å². The summed E-state index contributed by atoms with van der Waals surface area (Å²) in [5, 5.41) is 39.4. The van der Waals surface area contributed by atoms with E-state index in [1.54, 1.807) is 28.0 Å². The van der Waals surface area contributed by atoms with Gasteiger partial charge < -0.3 is 31.1 Å². The maximum absolute atomic E-state index is 12.8. The second-order valence-corrected chi connectivity index (χ2v) is 15.7. The Morgan fingerprint density at radius 1 is 0.603 bits per heavy atom. The molecule has 2 atom stereocenters. The molecular formula is C34H48N16O10S3.